The largest absolute Gasteiger partial charge is 0.488 e. The van der Waals surface area contributed by atoms with Crippen LogP contribution < -0.4 is 10.1 Å². The summed E-state index contributed by atoms with van der Waals surface area (Å²) in [5, 5.41) is 3.18. The molecule has 0 amide bonds. The van der Waals surface area contributed by atoms with Crippen molar-refractivity contribution in [2.75, 3.05) is 39.8 Å². The van der Waals surface area contributed by atoms with Crippen molar-refractivity contribution < 1.29 is 9.47 Å². The Morgan fingerprint density at radius 1 is 1.32 bits per heavy atom. The average molecular weight is 262 g/mol. The van der Waals surface area contributed by atoms with Crippen molar-refractivity contribution in [3.63, 3.8) is 0 Å². The number of hydrogen-bond acceptors (Lipinski definition) is 4. The maximum absolute atomic E-state index is 6.01. The molecule has 1 aromatic carbocycles. The van der Waals surface area contributed by atoms with Crippen LogP contribution in [0.3, 0.4) is 0 Å². The summed E-state index contributed by atoms with van der Waals surface area (Å²) in [5.74, 6) is 1.06. The number of fused-ring (bicyclic) bond motifs is 1. The fourth-order valence-electron chi connectivity index (χ4n) is 2.94. The number of hydrogen-bond donors (Lipinski definition) is 1. The Morgan fingerprint density at radius 3 is 3.05 bits per heavy atom. The Labute approximate surface area is 114 Å². The Bertz CT molecular complexity index is 397. The number of para-hydroxylation sites is 1. The fraction of sp³-hybridized carbons (Fsp3) is 0.600. The number of rotatable bonds is 4. The Kier molecular flexibility index (Phi) is 4.01. The molecule has 1 saturated heterocycles. The van der Waals surface area contributed by atoms with Gasteiger partial charge in [0.05, 0.1) is 12.7 Å². The van der Waals surface area contributed by atoms with E-state index in [9.17, 15) is 0 Å². The molecule has 3 rings (SSSR count). The van der Waals surface area contributed by atoms with E-state index in [1.807, 2.05) is 13.1 Å². The highest BCUT2D eigenvalue weighted by Crippen LogP contribution is 2.28. The molecular weight excluding hydrogens is 240 g/mol. The van der Waals surface area contributed by atoms with Crippen LogP contribution in [0.1, 0.15) is 5.56 Å². The average Bonchev–Trinajstić information content (AvgIpc) is 2.81. The summed E-state index contributed by atoms with van der Waals surface area (Å²) in [4.78, 5) is 2.46. The molecule has 0 spiro atoms. The highest BCUT2D eigenvalue weighted by molar-refractivity contribution is 5.37. The Balaban J connectivity index is 1.53. The van der Waals surface area contributed by atoms with E-state index >= 15 is 0 Å². The van der Waals surface area contributed by atoms with Crippen LogP contribution in [0, 0.1) is 0 Å². The number of nitrogens with one attached hydrogen (secondary N) is 1. The molecule has 0 aliphatic carbocycles. The lowest BCUT2D eigenvalue weighted by Gasteiger charge is -2.34. The topological polar surface area (TPSA) is 33.7 Å². The van der Waals surface area contributed by atoms with E-state index in [1.165, 1.54) is 5.56 Å². The van der Waals surface area contributed by atoms with Crippen molar-refractivity contribution in [1.29, 1.82) is 0 Å². The Hall–Kier alpha value is -1.10. The van der Waals surface area contributed by atoms with E-state index in [0.717, 1.165) is 45.0 Å². The molecule has 0 saturated carbocycles. The number of likely N-dealkylation sites (N-methyl/N-ethyl adjacent to an activating group) is 1. The number of benzene rings is 1. The molecule has 2 atom stereocenters. The molecule has 104 valence electrons. The minimum Gasteiger partial charge on any atom is -0.488 e. The van der Waals surface area contributed by atoms with Crippen molar-refractivity contribution in [3.8, 4) is 5.75 Å². The highest BCUT2D eigenvalue weighted by Gasteiger charge is 2.27. The van der Waals surface area contributed by atoms with E-state index in [4.69, 9.17) is 9.47 Å². The highest BCUT2D eigenvalue weighted by atomic mass is 16.5. The second kappa shape index (κ2) is 5.90. The molecule has 4 nitrogen and oxygen atoms in total. The van der Waals surface area contributed by atoms with Crippen molar-refractivity contribution in [3.05, 3.63) is 29.8 Å². The van der Waals surface area contributed by atoms with Crippen LogP contribution in [-0.4, -0.2) is 56.9 Å². The second-order valence-corrected chi connectivity index (χ2v) is 5.36. The van der Waals surface area contributed by atoms with Gasteiger partial charge in [-0.05, 0) is 18.7 Å². The van der Waals surface area contributed by atoms with Gasteiger partial charge < -0.3 is 14.8 Å². The van der Waals surface area contributed by atoms with Crippen molar-refractivity contribution in [2.45, 2.75) is 18.6 Å². The van der Waals surface area contributed by atoms with Crippen molar-refractivity contribution in [1.82, 2.24) is 10.2 Å². The third kappa shape index (κ3) is 3.08. The predicted octanol–water partition coefficient (Wildman–Crippen LogP) is 0.910. The fourth-order valence-corrected chi connectivity index (χ4v) is 2.94. The van der Waals surface area contributed by atoms with Gasteiger partial charge in [-0.2, -0.15) is 0 Å². The first-order valence-corrected chi connectivity index (χ1v) is 7.08. The summed E-state index contributed by atoms with van der Waals surface area (Å²) in [6.45, 7) is 4.75. The van der Waals surface area contributed by atoms with Gasteiger partial charge in [-0.15, -0.1) is 0 Å². The van der Waals surface area contributed by atoms with Crippen LogP contribution in [0.4, 0.5) is 0 Å². The van der Waals surface area contributed by atoms with Crippen molar-refractivity contribution in [2.24, 2.45) is 0 Å². The molecule has 2 unspecified atom stereocenters. The van der Waals surface area contributed by atoms with Gasteiger partial charge in [0.1, 0.15) is 11.9 Å². The molecule has 1 aromatic rings. The van der Waals surface area contributed by atoms with Crippen LogP contribution in [0.5, 0.6) is 5.75 Å². The minimum atomic E-state index is 0.297. The molecule has 2 aliphatic rings. The standard InChI is InChI=1S/C15H22N2O2/c1-16-9-14-11-17(6-7-18-14)10-13-8-12-4-2-3-5-15(12)19-13/h2-5,13-14,16H,6-11H2,1H3. The van der Waals surface area contributed by atoms with Crippen LogP contribution in [0.15, 0.2) is 24.3 Å². The summed E-state index contributed by atoms with van der Waals surface area (Å²) in [6.07, 6.45) is 1.64. The third-order valence-corrected chi connectivity index (χ3v) is 3.83. The molecule has 1 fully saturated rings. The molecule has 2 heterocycles. The van der Waals surface area contributed by atoms with Gasteiger partial charge in [0, 0.05) is 32.6 Å². The van der Waals surface area contributed by atoms with Gasteiger partial charge in [0.25, 0.3) is 0 Å². The van der Waals surface area contributed by atoms with Crippen LogP contribution in [0.25, 0.3) is 0 Å². The summed E-state index contributed by atoms with van der Waals surface area (Å²) in [6, 6.07) is 8.36. The first-order valence-electron chi connectivity index (χ1n) is 7.08. The summed E-state index contributed by atoms with van der Waals surface area (Å²) in [7, 11) is 1.97. The zero-order chi connectivity index (χ0) is 13.1. The molecule has 0 bridgehead atoms. The summed E-state index contributed by atoms with van der Waals surface area (Å²) < 4.78 is 11.7. The Morgan fingerprint density at radius 2 is 2.21 bits per heavy atom. The molecule has 0 aromatic heterocycles. The van der Waals surface area contributed by atoms with Gasteiger partial charge in [-0.3, -0.25) is 4.90 Å². The molecule has 19 heavy (non-hydrogen) atoms. The zero-order valence-corrected chi connectivity index (χ0v) is 11.5. The maximum atomic E-state index is 6.01. The lowest BCUT2D eigenvalue weighted by molar-refractivity contribution is -0.0347. The van der Waals surface area contributed by atoms with E-state index in [-0.39, 0.29) is 0 Å². The number of nitrogens with zero attached hydrogens (tertiary/aromatic N) is 1. The zero-order valence-electron chi connectivity index (χ0n) is 11.5. The smallest absolute Gasteiger partial charge is 0.123 e. The van der Waals surface area contributed by atoms with Gasteiger partial charge in [0.2, 0.25) is 0 Å². The normalized spacial score (nSPS) is 27.0. The summed E-state index contributed by atoms with van der Waals surface area (Å²) in [5.41, 5.74) is 1.34. The molecule has 1 N–H and O–H groups in total. The van der Waals surface area contributed by atoms with E-state index in [0.29, 0.717) is 12.2 Å². The van der Waals surface area contributed by atoms with Crippen molar-refractivity contribution >= 4 is 0 Å². The lowest BCUT2D eigenvalue weighted by atomic mass is 10.1. The SMILES string of the molecule is CNCC1CN(CC2Cc3ccccc3O2)CCO1. The second-order valence-electron chi connectivity index (χ2n) is 5.36. The lowest BCUT2D eigenvalue weighted by Crippen LogP contribution is -2.49. The number of ether oxygens (including phenoxy) is 2. The van der Waals surface area contributed by atoms with Crippen LogP contribution >= 0.6 is 0 Å². The van der Waals surface area contributed by atoms with Gasteiger partial charge in [0.15, 0.2) is 0 Å². The van der Waals surface area contributed by atoms with Crippen LogP contribution in [-0.2, 0) is 11.2 Å². The predicted molar refractivity (Wildman–Crippen MR) is 74.7 cm³/mol. The van der Waals surface area contributed by atoms with Gasteiger partial charge in [-0.1, -0.05) is 18.2 Å². The quantitative estimate of drug-likeness (QED) is 0.874. The first kappa shape index (κ1) is 12.9. The third-order valence-electron chi connectivity index (χ3n) is 3.83. The van der Waals surface area contributed by atoms with E-state index in [1.54, 1.807) is 0 Å². The minimum absolute atomic E-state index is 0.297. The van der Waals surface area contributed by atoms with Gasteiger partial charge >= 0.3 is 0 Å². The van der Waals surface area contributed by atoms with E-state index < -0.39 is 0 Å². The molecule has 4 heteroatoms. The first-order chi connectivity index (χ1) is 9.35. The van der Waals surface area contributed by atoms with Gasteiger partial charge in [-0.25, -0.2) is 0 Å². The molecule has 2 aliphatic heterocycles. The maximum Gasteiger partial charge on any atom is 0.123 e. The molecule has 0 radical (unpaired) electrons. The number of morpholine rings is 1. The van der Waals surface area contributed by atoms with Crippen LogP contribution in [0.2, 0.25) is 0 Å². The monoisotopic (exact) mass is 262 g/mol. The molecular formula is C15H22N2O2. The van der Waals surface area contributed by atoms with E-state index in [2.05, 4.69) is 28.4 Å². The summed E-state index contributed by atoms with van der Waals surface area (Å²) >= 11 is 0.